The van der Waals surface area contributed by atoms with E-state index in [1.165, 1.54) is 24.7 Å². The molecule has 3 heterocycles. The van der Waals surface area contributed by atoms with E-state index in [0.717, 1.165) is 30.1 Å². The molecule has 2 N–H and O–H groups in total. The van der Waals surface area contributed by atoms with E-state index in [-0.39, 0.29) is 5.56 Å². The number of hydrogen-bond acceptors (Lipinski definition) is 6. The Balaban J connectivity index is 1.36. The van der Waals surface area contributed by atoms with E-state index >= 15 is 0 Å². The van der Waals surface area contributed by atoms with Gasteiger partial charge in [-0.25, -0.2) is 9.97 Å². The Kier molecular flexibility index (Phi) is 6.58. The Morgan fingerprint density at radius 3 is 2.47 bits per heavy atom. The molecule has 6 rings (SSSR count). The maximum absolute atomic E-state index is 12.8. The smallest absolute Gasteiger partial charge is 0.262 e. The molecule has 0 spiro atoms. The number of hydrogen-bond donors (Lipinski definition) is 2. The van der Waals surface area contributed by atoms with Gasteiger partial charge in [0.25, 0.3) is 5.56 Å². The highest BCUT2D eigenvalue weighted by Gasteiger charge is 2.19. The topological polar surface area (TPSA) is 83.1 Å². The van der Waals surface area contributed by atoms with Gasteiger partial charge in [0.15, 0.2) is 0 Å². The van der Waals surface area contributed by atoms with Crippen molar-refractivity contribution in [2.75, 3.05) is 25.5 Å². The first-order valence-corrected chi connectivity index (χ1v) is 12.9. The number of ether oxygens (including phenoxy) is 1. The van der Waals surface area contributed by atoms with Gasteiger partial charge in [-0.05, 0) is 86.9 Å². The van der Waals surface area contributed by atoms with E-state index < -0.39 is 0 Å². The van der Waals surface area contributed by atoms with Crippen LogP contribution in [0.2, 0.25) is 0 Å². The molecule has 0 bridgehead atoms. The third kappa shape index (κ3) is 5.01. The number of anilines is 2. The second-order valence-corrected chi connectivity index (χ2v) is 9.72. The largest absolute Gasteiger partial charge is 0.457 e. The highest BCUT2D eigenvalue weighted by molar-refractivity contribution is 5.93. The molecule has 0 unspecified atom stereocenters. The Labute approximate surface area is 221 Å². The van der Waals surface area contributed by atoms with Gasteiger partial charge in [-0.3, -0.25) is 4.79 Å². The summed E-state index contributed by atoms with van der Waals surface area (Å²) in [4.78, 5) is 27.2. The number of pyridine rings is 1. The summed E-state index contributed by atoms with van der Waals surface area (Å²) in [6.07, 6.45) is 3.76. The standard InChI is InChI=1S/C31H29N5O2/c1-36-17-15-22(16-18-36)21-11-13-23(14-12-21)34-30-29-27(32-20-33-31(29)37)19-26(35-30)25-9-5-6-10-28(25)38-24-7-3-2-4-8-24/h2-14,19-20,22H,15-18H2,1H3,(H,34,35)(H,32,33,37). The lowest BCUT2D eigenvalue weighted by molar-refractivity contribution is 0.255. The SMILES string of the molecule is CN1CCC(c2ccc(Nc3nc(-c4ccccc4Oc4ccccc4)cc4nc[nH]c(=O)c34)cc2)CC1. The molecule has 2 aromatic heterocycles. The van der Waals surface area contributed by atoms with Crippen LogP contribution in [0, 0.1) is 0 Å². The summed E-state index contributed by atoms with van der Waals surface area (Å²) in [6, 6.07) is 27.7. The van der Waals surface area contributed by atoms with Crippen LogP contribution in [0.3, 0.4) is 0 Å². The van der Waals surface area contributed by atoms with Gasteiger partial charge >= 0.3 is 0 Å². The minimum Gasteiger partial charge on any atom is -0.457 e. The minimum atomic E-state index is -0.242. The molecule has 0 saturated carbocycles. The monoisotopic (exact) mass is 503 g/mol. The van der Waals surface area contributed by atoms with Crippen LogP contribution in [-0.4, -0.2) is 40.0 Å². The second kappa shape index (κ2) is 10.5. The third-order valence-corrected chi connectivity index (χ3v) is 7.12. The van der Waals surface area contributed by atoms with Gasteiger partial charge < -0.3 is 19.9 Å². The van der Waals surface area contributed by atoms with Crippen molar-refractivity contribution < 1.29 is 4.74 Å². The number of benzene rings is 3. The molecule has 0 aliphatic carbocycles. The number of piperidine rings is 1. The molecule has 0 radical (unpaired) electrons. The normalized spacial score (nSPS) is 14.4. The van der Waals surface area contributed by atoms with Gasteiger partial charge in [0.05, 0.1) is 17.5 Å². The van der Waals surface area contributed by atoms with Crippen molar-refractivity contribution in [2.45, 2.75) is 18.8 Å². The Morgan fingerprint density at radius 2 is 1.68 bits per heavy atom. The molecular weight excluding hydrogens is 474 g/mol. The predicted molar refractivity (Wildman–Crippen MR) is 151 cm³/mol. The highest BCUT2D eigenvalue weighted by atomic mass is 16.5. The van der Waals surface area contributed by atoms with E-state index in [1.807, 2.05) is 60.7 Å². The summed E-state index contributed by atoms with van der Waals surface area (Å²) < 4.78 is 6.18. The fourth-order valence-corrected chi connectivity index (χ4v) is 5.02. The molecule has 5 aromatic rings. The molecule has 1 aliphatic heterocycles. The van der Waals surface area contributed by atoms with Gasteiger partial charge in [-0.1, -0.05) is 42.5 Å². The van der Waals surface area contributed by atoms with Crippen molar-refractivity contribution in [3.05, 3.63) is 107 Å². The molecule has 0 atom stereocenters. The number of fused-ring (bicyclic) bond motifs is 1. The van der Waals surface area contributed by atoms with Crippen LogP contribution in [-0.2, 0) is 0 Å². The van der Waals surface area contributed by atoms with Crippen LogP contribution in [0.4, 0.5) is 11.5 Å². The first kappa shape index (κ1) is 23.9. The zero-order chi connectivity index (χ0) is 25.9. The molecule has 0 amide bonds. The summed E-state index contributed by atoms with van der Waals surface area (Å²) in [5.74, 6) is 2.44. The average molecular weight is 504 g/mol. The number of likely N-dealkylation sites (tertiary alicyclic amines) is 1. The maximum atomic E-state index is 12.8. The molecule has 38 heavy (non-hydrogen) atoms. The van der Waals surface area contributed by atoms with E-state index in [0.29, 0.717) is 34.1 Å². The van der Waals surface area contributed by atoms with Crippen molar-refractivity contribution in [2.24, 2.45) is 0 Å². The molecule has 190 valence electrons. The van der Waals surface area contributed by atoms with E-state index in [2.05, 4.69) is 51.5 Å². The quantitative estimate of drug-likeness (QED) is 0.282. The summed E-state index contributed by atoms with van der Waals surface area (Å²) in [5, 5.41) is 3.80. The lowest BCUT2D eigenvalue weighted by Gasteiger charge is -2.29. The van der Waals surface area contributed by atoms with Gasteiger partial charge in [-0.15, -0.1) is 0 Å². The number of nitrogens with one attached hydrogen (secondary N) is 2. The summed E-state index contributed by atoms with van der Waals surface area (Å²) >= 11 is 0. The molecule has 1 fully saturated rings. The number of aromatic amines is 1. The van der Waals surface area contributed by atoms with Crippen LogP contribution in [0.5, 0.6) is 11.5 Å². The molecule has 1 saturated heterocycles. The zero-order valence-corrected chi connectivity index (χ0v) is 21.2. The lowest BCUT2D eigenvalue weighted by atomic mass is 9.89. The fourth-order valence-electron chi connectivity index (χ4n) is 5.02. The van der Waals surface area contributed by atoms with Gasteiger partial charge in [-0.2, -0.15) is 0 Å². The van der Waals surface area contributed by atoms with Crippen molar-refractivity contribution in [1.82, 2.24) is 19.9 Å². The van der Waals surface area contributed by atoms with Crippen LogP contribution in [0.25, 0.3) is 22.2 Å². The van der Waals surface area contributed by atoms with E-state index in [1.54, 1.807) is 0 Å². The summed E-state index contributed by atoms with van der Waals surface area (Å²) in [6.45, 7) is 2.25. The summed E-state index contributed by atoms with van der Waals surface area (Å²) in [7, 11) is 2.18. The second-order valence-electron chi connectivity index (χ2n) is 9.72. The van der Waals surface area contributed by atoms with Crippen LogP contribution >= 0.6 is 0 Å². The van der Waals surface area contributed by atoms with Crippen LogP contribution in [0.1, 0.15) is 24.3 Å². The van der Waals surface area contributed by atoms with Crippen molar-refractivity contribution >= 4 is 22.4 Å². The molecule has 7 heteroatoms. The first-order chi connectivity index (χ1) is 18.6. The van der Waals surface area contributed by atoms with Crippen molar-refractivity contribution in [1.29, 1.82) is 0 Å². The molecular formula is C31H29N5O2. The van der Waals surface area contributed by atoms with E-state index in [9.17, 15) is 4.79 Å². The zero-order valence-electron chi connectivity index (χ0n) is 21.2. The Morgan fingerprint density at radius 1 is 0.947 bits per heavy atom. The Bertz CT molecular complexity index is 1610. The fraction of sp³-hybridized carbons (Fsp3) is 0.194. The molecule has 7 nitrogen and oxygen atoms in total. The van der Waals surface area contributed by atoms with Crippen molar-refractivity contribution in [3.63, 3.8) is 0 Å². The van der Waals surface area contributed by atoms with Gasteiger partial charge in [0.1, 0.15) is 22.7 Å². The van der Waals surface area contributed by atoms with Gasteiger partial charge in [0.2, 0.25) is 0 Å². The van der Waals surface area contributed by atoms with Crippen LogP contribution in [0.15, 0.2) is 96.1 Å². The van der Waals surface area contributed by atoms with E-state index in [4.69, 9.17) is 9.72 Å². The minimum absolute atomic E-state index is 0.242. The van der Waals surface area contributed by atoms with Crippen LogP contribution < -0.4 is 15.6 Å². The summed E-state index contributed by atoms with van der Waals surface area (Å²) in [5.41, 5.74) is 3.99. The number of H-pyrrole nitrogens is 1. The van der Waals surface area contributed by atoms with Crippen molar-refractivity contribution in [3.8, 4) is 22.8 Å². The predicted octanol–water partition coefficient (Wildman–Crippen LogP) is 6.33. The maximum Gasteiger partial charge on any atom is 0.262 e. The number of nitrogens with zero attached hydrogens (tertiary/aromatic N) is 3. The molecule has 3 aromatic carbocycles. The first-order valence-electron chi connectivity index (χ1n) is 12.9. The molecule has 1 aliphatic rings. The third-order valence-electron chi connectivity index (χ3n) is 7.12. The average Bonchev–Trinajstić information content (AvgIpc) is 2.95. The number of rotatable bonds is 6. The number of aromatic nitrogens is 3. The highest BCUT2D eigenvalue weighted by Crippen LogP contribution is 2.35. The Hall–Kier alpha value is -4.49. The number of para-hydroxylation sites is 2. The van der Waals surface area contributed by atoms with Gasteiger partial charge in [0, 0.05) is 11.3 Å². The lowest BCUT2D eigenvalue weighted by Crippen LogP contribution is -2.29.